The number of aromatic hydroxyl groups is 2. The third kappa shape index (κ3) is 5.02. The molecular formula is C21H28O2. The lowest BCUT2D eigenvalue weighted by molar-refractivity contribution is 0.462. The quantitative estimate of drug-likeness (QED) is 0.687. The fourth-order valence-corrected chi connectivity index (χ4v) is 2.80. The molecule has 0 aliphatic rings. The SMILES string of the molecule is CCCCc1ccc(Cc2ccc(CCCC)cc2O)c(O)c1. The van der Waals surface area contributed by atoms with Crippen LogP contribution in [0.15, 0.2) is 36.4 Å². The molecule has 0 radical (unpaired) electrons. The van der Waals surface area contributed by atoms with Crippen LogP contribution in [0, 0.1) is 0 Å². The summed E-state index contributed by atoms with van der Waals surface area (Å²) in [5.41, 5.74) is 4.07. The van der Waals surface area contributed by atoms with E-state index in [-0.39, 0.29) is 0 Å². The van der Waals surface area contributed by atoms with Crippen molar-refractivity contribution >= 4 is 0 Å². The maximum Gasteiger partial charge on any atom is 0.119 e. The second kappa shape index (κ2) is 8.61. The maximum atomic E-state index is 10.2. The first kappa shape index (κ1) is 17.4. The van der Waals surface area contributed by atoms with E-state index in [1.165, 1.54) is 11.1 Å². The highest BCUT2D eigenvalue weighted by atomic mass is 16.3. The Balaban J connectivity index is 2.09. The molecule has 0 amide bonds. The second-order valence-corrected chi connectivity index (χ2v) is 6.31. The van der Waals surface area contributed by atoms with Gasteiger partial charge in [0.2, 0.25) is 0 Å². The third-order valence-corrected chi connectivity index (χ3v) is 4.32. The van der Waals surface area contributed by atoms with Gasteiger partial charge in [0.05, 0.1) is 0 Å². The minimum absolute atomic E-state index is 0.327. The lowest BCUT2D eigenvalue weighted by Crippen LogP contribution is -1.93. The summed E-state index contributed by atoms with van der Waals surface area (Å²) in [6, 6.07) is 11.8. The van der Waals surface area contributed by atoms with Crippen LogP contribution in [-0.4, -0.2) is 10.2 Å². The first-order chi connectivity index (χ1) is 11.1. The van der Waals surface area contributed by atoms with Crippen LogP contribution in [0.5, 0.6) is 11.5 Å². The Bertz CT molecular complexity index is 576. The van der Waals surface area contributed by atoms with Gasteiger partial charge in [0.25, 0.3) is 0 Å². The molecule has 0 spiro atoms. The smallest absolute Gasteiger partial charge is 0.119 e. The normalized spacial score (nSPS) is 10.9. The van der Waals surface area contributed by atoms with Crippen LogP contribution >= 0.6 is 0 Å². The van der Waals surface area contributed by atoms with Gasteiger partial charge in [-0.25, -0.2) is 0 Å². The molecule has 2 aromatic carbocycles. The van der Waals surface area contributed by atoms with E-state index in [0.29, 0.717) is 17.9 Å². The van der Waals surface area contributed by atoms with E-state index in [2.05, 4.69) is 26.0 Å². The summed E-state index contributed by atoms with van der Waals surface area (Å²) in [5.74, 6) is 0.654. The maximum absolute atomic E-state index is 10.2. The predicted octanol–water partition coefficient (Wildman–Crippen LogP) is 5.37. The first-order valence-electron chi connectivity index (χ1n) is 8.75. The van der Waals surface area contributed by atoms with E-state index in [0.717, 1.165) is 49.7 Å². The third-order valence-electron chi connectivity index (χ3n) is 4.32. The molecule has 0 aromatic heterocycles. The van der Waals surface area contributed by atoms with Crippen LogP contribution in [0.25, 0.3) is 0 Å². The Kier molecular flexibility index (Phi) is 6.52. The zero-order chi connectivity index (χ0) is 16.7. The average Bonchev–Trinajstić information content (AvgIpc) is 2.55. The van der Waals surface area contributed by atoms with E-state index in [4.69, 9.17) is 0 Å². The summed E-state index contributed by atoms with van der Waals surface area (Å²) in [5, 5.41) is 20.5. The number of hydrogen-bond donors (Lipinski definition) is 2. The molecule has 2 rings (SSSR count). The first-order valence-corrected chi connectivity index (χ1v) is 8.75. The van der Waals surface area contributed by atoms with Crippen LogP contribution in [0.2, 0.25) is 0 Å². The lowest BCUT2D eigenvalue weighted by atomic mass is 9.98. The van der Waals surface area contributed by atoms with Gasteiger partial charge in [0.15, 0.2) is 0 Å². The van der Waals surface area contributed by atoms with Crippen molar-refractivity contribution in [1.29, 1.82) is 0 Å². The van der Waals surface area contributed by atoms with Gasteiger partial charge in [-0.2, -0.15) is 0 Å². The van der Waals surface area contributed by atoms with Gasteiger partial charge in [-0.15, -0.1) is 0 Å². The molecule has 0 unspecified atom stereocenters. The number of unbranched alkanes of at least 4 members (excludes halogenated alkanes) is 2. The fourth-order valence-electron chi connectivity index (χ4n) is 2.80. The van der Waals surface area contributed by atoms with Gasteiger partial charge in [-0.1, -0.05) is 51.0 Å². The Hall–Kier alpha value is -1.96. The number of phenolic OH excluding ortho intramolecular Hbond substituents is 2. The van der Waals surface area contributed by atoms with E-state index >= 15 is 0 Å². The van der Waals surface area contributed by atoms with Gasteiger partial charge >= 0.3 is 0 Å². The number of phenols is 2. The molecule has 0 bridgehead atoms. The van der Waals surface area contributed by atoms with Crippen molar-refractivity contribution in [2.24, 2.45) is 0 Å². The highest BCUT2D eigenvalue weighted by Gasteiger charge is 2.08. The summed E-state index contributed by atoms with van der Waals surface area (Å²) in [6.07, 6.45) is 7.14. The van der Waals surface area contributed by atoms with Crippen molar-refractivity contribution in [3.8, 4) is 11.5 Å². The molecular weight excluding hydrogens is 284 g/mol. The molecule has 0 fully saturated rings. The van der Waals surface area contributed by atoms with Gasteiger partial charge in [0, 0.05) is 6.42 Å². The zero-order valence-electron chi connectivity index (χ0n) is 14.3. The summed E-state index contributed by atoms with van der Waals surface area (Å²) >= 11 is 0. The molecule has 0 saturated heterocycles. The van der Waals surface area contributed by atoms with Crippen molar-refractivity contribution in [2.45, 2.75) is 58.8 Å². The fraction of sp³-hybridized carbons (Fsp3) is 0.429. The Morgan fingerprint density at radius 2 is 1.13 bits per heavy atom. The highest BCUT2D eigenvalue weighted by Crippen LogP contribution is 2.27. The molecule has 0 saturated carbocycles. The molecule has 23 heavy (non-hydrogen) atoms. The van der Waals surface area contributed by atoms with Crippen LogP contribution in [0.3, 0.4) is 0 Å². The molecule has 124 valence electrons. The minimum Gasteiger partial charge on any atom is -0.508 e. The summed E-state index contributed by atoms with van der Waals surface area (Å²) in [7, 11) is 0. The molecule has 2 nitrogen and oxygen atoms in total. The summed E-state index contributed by atoms with van der Waals surface area (Å²) in [6.45, 7) is 4.34. The van der Waals surface area contributed by atoms with Crippen molar-refractivity contribution in [2.75, 3.05) is 0 Å². The molecule has 0 aliphatic heterocycles. The van der Waals surface area contributed by atoms with E-state index < -0.39 is 0 Å². The van der Waals surface area contributed by atoms with Crippen molar-refractivity contribution < 1.29 is 10.2 Å². The number of benzene rings is 2. The van der Waals surface area contributed by atoms with E-state index in [1.807, 2.05) is 24.3 Å². The topological polar surface area (TPSA) is 40.5 Å². The van der Waals surface area contributed by atoms with Crippen LogP contribution in [0.4, 0.5) is 0 Å². The van der Waals surface area contributed by atoms with E-state index in [9.17, 15) is 10.2 Å². The molecule has 2 N–H and O–H groups in total. The van der Waals surface area contributed by atoms with Gasteiger partial charge in [-0.05, 0) is 60.1 Å². The standard InChI is InChI=1S/C21H28O2/c1-3-5-7-16-9-11-18(20(22)13-16)15-19-12-10-17(8-6-4-2)14-21(19)23/h9-14,22-23H,3-8,15H2,1-2H3. The summed E-state index contributed by atoms with van der Waals surface area (Å²) in [4.78, 5) is 0. The predicted molar refractivity (Wildman–Crippen MR) is 96.2 cm³/mol. The van der Waals surface area contributed by atoms with Gasteiger partial charge in [0.1, 0.15) is 11.5 Å². The van der Waals surface area contributed by atoms with Crippen molar-refractivity contribution in [3.05, 3.63) is 58.7 Å². The Morgan fingerprint density at radius 1 is 0.696 bits per heavy atom. The van der Waals surface area contributed by atoms with Crippen molar-refractivity contribution in [1.82, 2.24) is 0 Å². The molecule has 0 heterocycles. The number of aryl methyl sites for hydroxylation is 2. The largest absolute Gasteiger partial charge is 0.508 e. The van der Waals surface area contributed by atoms with Gasteiger partial charge < -0.3 is 10.2 Å². The Labute approximate surface area is 139 Å². The lowest BCUT2D eigenvalue weighted by Gasteiger charge is -2.10. The van der Waals surface area contributed by atoms with E-state index in [1.54, 1.807) is 0 Å². The average molecular weight is 312 g/mol. The van der Waals surface area contributed by atoms with Crippen LogP contribution in [0.1, 0.15) is 61.8 Å². The molecule has 2 heteroatoms. The monoisotopic (exact) mass is 312 g/mol. The van der Waals surface area contributed by atoms with Gasteiger partial charge in [-0.3, -0.25) is 0 Å². The molecule has 2 aromatic rings. The highest BCUT2D eigenvalue weighted by molar-refractivity contribution is 5.44. The number of rotatable bonds is 8. The minimum atomic E-state index is 0.327. The Morgan fingerprint density at radius 3 is 1.48 bits per heavy atom. The van der Waals surface area contributed by atoms with Crippen LogP contribution in [-0.2, 0) is 19.3 Å². The number of hydrogen-bond acceptors (Lipinski definition) is 2. The molecule has 0 atom stereocenters. The second-order valence-electron chi connectivity index (χ2n) is 6.31. The van der Waals surface area contributed by atoms with Crippen LogP contribution < -0.4 is 0 Å². The zero-order valence-corrected chi connectivity index (χ0v) is 14.3. The summed E-state index contributed by atoms with van der Waals surface area (Å²) < 4.78 is 0. The van der Waals surface area contributed by atoms with Crippen molar-refractivity contribution in [3.63, 3.8) is 0 Å². The molecule has 0 aliphatic carbocycles.